The van der Waals surface area contributed by atoms with Gasteiger partial charge in [-0.25, -0.2) is 9.97 Å². The van der Waals surface area contributed by atoms with E-state index in [0.717, 1.165) is 47.7 Å². The Morgan fingerprint density at radius 2 is 2.12 bits per heavy atom. The maximum Gasteiger partial charge on any atom is 0.149 e. The van der Waals surface area contributed by atoms with E-state index in [1.165, 1.54) is 11.5 Å². The van der Waals surface area contributed by atoms with Gasteiger partial charge in [0, 0.05) is 13.1 Å². The van der Waals surface area contributed by atoms with Crippen LogP contribution in [0.1, 0.15) is 18.5 Å². The van der Waals surface area contributed by atoms with E-state index >= 15 is 0 Å². The number of aromatic nitrogens is 3. The first-order chi connectivity index (χ1) is 8.25. The van der Waals surface area contributed by atoms with Gasteiger partial charge in [-0.05, 0) is 31.3 Å². The fourth-order valence-electron chi connectivity index (χ4n) is 2.22. The standard InChI is InChI=1S/C11H14N4OS/c1-7-9-10(12-6-13-11(9)17-14-7)15-4-2-8(16)3-5-15/h6,8,16H,2-5H2,1H3. The molecule has 0 spiro atoms. The molecule has 1 fully saturated rings. The molecule has 1 N–H and O–H groups in total. The van der Waals surface area contributed by atoms with Crippen LogP contribution in [0.15, 0.2) is 6.33 Å². The lowest BCUT2D eigenvalue weighted by Crippen LogP contribution is -2.36. The number of piperidine rings is 1. The maximum atomic E-state index is 9.53. The Morgan fingerprint density at radius 3 is 2.88 bits per heavy atom. The first-order valence-corrected chi connectivity index (χ1v) is 6.53. The third kappa shape index (κ3) is 1.87. The van der Waals surface area contributed by atoms with Crippen LogP contribution in [0.3, 0.4) is 0 Å². The second-order valence-corrected chi connectivity index (χ2v) is 5.12. The van der Waals surface area contributed by atoms with Crippen LogP contribution in [0.5, 0.6) is 0 Å². The number of aliphatic hydroxyl groups is 1. The zero-order chi connectivity index (χ0) is 11.8. The molecule has 90 valence electrons. The molecule has 1 aliphatic heterocycles. The fourth-order valence-corrected chi connectivity index (χ4v) is 2.96. The minimum atomic E-state index is -0.162. The molecule has 0 aromatic carbocycles. The second-order valence-electron chi connectivity index (χ2n) is 4.36. The largest absolute Gasteiger partial charge is 0.393 e. The molecule has 0 unspecified atom stereocenters. The summed E-state index contributed by atoms with van der Waals surface area (Å²) in [4.78, 5) is 11.8. The lowest BCUT2D eigenvalue weighted by atomic mass is 10.1. The molecule has 3 rings (SSSR count). The maximum absolute atomic E-state index is 9.53. The van der Waals surface area contributed by atoms with E-state index in [1.54, 1.807) is 6.33 Å². The summed E-state index contributed by atoms with van der Waals surface area (Å²) in [6.45, 7) is 3.69. The van der Waals surface area contributed by atoms with Crippen LogP contribution in [0.25, 0.3) is 10.2 Å². The van der Waals surface area contributed by atoms with Crippen molar-refractivity contribution in [3.8, 4) is 0 Å². The number of hydrogen-bond acceptors (Lipinski definition) is 6. The molecule has 1 aliphatic rings. The van der Waals surface area contributed by atoms with Gasteiger partial charge in [0.05, 0.1) is 17.2 Å². The molecule has 3 heterocycles. The quantitative estimate of drug-likeness (QED) is 0.828. The van der Waals surface area contributed by atoms with E-state index < -0.39 is 0 Å². The number of aliphatic hydroxyl groups excluding tert-OH is 1. The van der Waals surface area contributed by atoms with E-state index in [-0.39, 0.29) is 6.10 Å². The Labute approximate surface area is 103 Å². The fraction of sp³-hybridized carbons (Fsp3) is 0.545. The molecule has 0 atom stereocenters. The molecular weight excluding hydrogens is 236 g/mol. The minimum Gasteiger partial charge on any atom is -0.393 e. The Hall–Kier alpha value is -1.27. The number of nitrogens with zero attached hydrogens (tertiary/aromatic N) is 4. The average molecular weight is 250 g/mol. The molecule has 2 aromatic heterocycles. The summed E-state index contributed by atoms with van der Waals surface area (Å²) < 4.78 is 4.33. The van der Waals surface area contributed by atoms with Crippen molar-refractivity contribution in [2.75, 3.05) is 18.0 Å². The lowest BCUT2D eigenvalue weighted by molar-refractivity contribution is 0.145. The number of fused-ring (bicyclic) bond motifs is 1. The lowest BCUT2D eigenvalue weighted by Gasteiger charge is -2.30. The molecule has 6 heteroatoms. The number of aryl methyl sites for hydroxylation is 1. The number of anilines is 1. The second kappa shape index (κ2) is 4.19. The SMILES string of the molecule is Cc1nsc2ncnc(N3CCC(O)CC3)c12. The van der Waals surface area contributed by atoms with Crippen molar-refractivity contribution in [3.63, 3.8) is 0 Å². The van der Waals surface area contributed by atoms with Crippen molar-refractivity contribution in [2.45, 2.75) is 25.9 Å². The number of rotatable bonds is 1. The zero-order valence-electron chi connectivity index (χ0n) is 9.63. The molecule has 5 nitrogen and oxygen atoms in total. The summed E-state index contributed by atoms with van der Waals surface area (Å²) in [5, 5.41) is 10.6. The van der Waals surface area contributed by atoms with Gasteiger partial charge in [-0.1, -0.05) is 0 Å². The van der Waals surface area contributed by atoms with Crippen LogP contribution < -0.4 is 4.90 Å². The Bertz CT molecular complexity index is 533. The van der Waals surface area contributed by atoms with Crippen LogP contribution in [0.2, 0.25) is 0 Å². The van der Waals surface area contributed by atoms with Crippen LogP contribution >= 0.6 is 11.5 Å². The van der Waals surface area contributed by atoms with Crippen molar-refractivity contribution in [1.29, 1.82) is 0 Å². The van der Waals surface area contributed by atoms with Crippen LogP contribution in [-0.4, -0.2) is 38.6 Å². The highest BCUT2D eigenvalue weighted by atomic mass is 32.1. The molecule has 0 bridgehead atoms. The molecule has 0 amide bonds. The predicted molar refractivity (Wildman–Crippen MR) is 67.4 cm³/mol. The van der Waals surface area contributed by atoms with Gasteiger partial charge in [-0.15, -0.1) is 0 Å². The van der Waals surface area contributed by atoms with Gasteiger partial charge in [0.15, 0.2) is 0 Å². The molecule has 1 saturated heterocycles. The van der Waals surface area contributed by atoms with Crippen LogP contribution in [0, 0.1) is 6.92 Å². The third-order valence-electron chi connectivity index (χ3n) is 3.19. The van der Waals surface area contributed by atoms with Gasteiger partial charge in [-0.3, -0.25) is 0 Å². The molecule has 0 aliphatic carbocycles. The summed E-state index contributed by atoms with van der Waals surface area (Å²) in [6, 6.07) is 0. The first kappa shape index (κ1) is 10.9. The van der Waals surface area contributed by atoms with E-state index in [2.05, 4.69) is 19.2 Å². The summed E-state index contributed by atoms with van der Waals surface area (Å²) in [6.07, 6.45) is 3.05. The summed E-state index contributed by atoms with van der Waals surface area (Å²) in [5.41, 5.74) is 0.992. The highest BCUT2D eigenvalue weighted by Gasteiger charge is 2.21. The normalized spacial score (nSPS) is 17.9. The Morgan fingerprint density at radius 1 is 1.35 bits per heavy atom. The smallest absolute Gasteiger partial charge is 0.149 e. The van der Waals surface area contributed by atoms with Crippen LogP contribution in [0.4, 0.5) is 5.82 Å². The van der Waals surface area contributed by atoms with Gasteiger partial charge in [0.1, 0.15) is 17.0 Å². The molecule has 0 radical (unpaired) electrons. The van der Waals surface area contributed by atoms with E-state index in [9.17, 15) is 5.11 Å². The Balaban J connectivity index is 2.02. The number of hydrogen-bond donors (Lipinski definition) is 1. The third-order valence-corrected chi connectivity index (χ3v) is 4.03. The van der Waals surface area contributed by atoms with Gasteiger partial charge in [0.2, 0.25) is 0 Å². The highest BCUT2D eigenvalue weighted by Crippen LogP contribution is 2.29. The zero-order valence-corrected chi connectivity index (χ0v) is 10.4. The van der Waals surface area contributed by atoms with Crippen molar-refractivity contribution in [2.24, 2.45) is 0 Å². The summed E-state index contributed by atoms with van der Waals surface area (Å²) in [7, 11) is 0. The van der Waals surface area contributed by atoms with Crippen LogP contribution in [-0.2, 0) is 0 Å². The van der Waals surface area contributed by atoms with Gasteiger partial charge >= 0.3 is 0 Å². The highest BCUT2D eigenvalue weighted by molar-refractivity contribution is 7.13. The topological polar surface area (TPSA) is 62.1 Å². The molecule has 0 saturated carbocycles. The van der Waals surface area contributed by atoms with Gasteiger partial charge in [0.25, 0.3) is 0 Å². The van der Waals surface area contributed by atoms with Crippen molar-refractivity contribution >= 4 is 27.6 Å². The first-order valence-electron chi connectivity index (χ1n) is 5.75. The minimum absolute atomic E-state index is 0.162. The molecule has 17 heavy (non-hydrogen) atoms. The van der Waals surface area contributed by atoms with E-state index in [4.69, 9.17) is 0 Å². The van der Waals surface area contributed by atoms with Crippen molar-refractivity contribution in [1.82, 2.24) is 14.3 Å². The van der Waals surface area contributed by atoms with Gasteiger partial charge in [-0.2, -0.15) is 4.37 Å². The predicted octanol–water partition coefficient (Wildman–Crippen LogP) is 1.36. The van der Waals surface area contributed by atoms with Crippen molar-refractivity contribution < 1.29 is 5.11 Å². The monoisotopic (exact) mass is 250 g/mol. The summed E-state index contributed by atoms with van der Waals surface area (Å²) in [5.74, 6) is 0.966. The molecular formula is C11H14N4OS. The van der Waals surface area contributed by atoms with E-state index in [1.807, 2.05) is 6.92 Å². The summed E-state index contributed by atoms with van der Waals surface area (Å²) >= 11 is 1.42. The van der Waals surface area contributed by atoms with Gasteiger partial charge < -0.3 is 10.0 Å². The van der Waals surface area contributed by atoms with E-state index in [0.29, 0.717) is 0 Å². The average Bonchev–Trinajstić information content (AvgIpc) is 2.73. The van der Waals surface area contributed by atoms with Crippen molar-refractivity contribution in [3.05, 3.63) is 12.0 Å². The Kier molecular flexibility index (Phi) is 2.68. The molecule has 2 aromatic rings.